The molecule has 0 bridgehead atoms. The second-order valence-electron chi connectivity index (χ2n) is 11.8. The van der Waals surface area contributed by atoms with E-state index >= 15 is 0 Å². The van der Waals surface area contributed by atoms with E-state index in [1.807, 2.05) is 30.3 Å². The van der Waals surface area contributed by atoms with E-state index in [4.69, 9.17) is 9.47 Å². The maximum Gasteiger partial charge on any atom is 0.233 e. The first-order valence-corrected chi connectivity index (χ1v) is 15.3. The third-order valence-electron chi connectivity index (χ3n) is 8.84. The van der Waals surface area contributed by atoms with Gasteiger partial charge in [0, 0.05) is 5.69 Å². The van der Waals surface area contributed by atoms with Crippen LogP contribution in [0.25, 0.3) is 11.1 Å². The van der Waals surface area contributed by atoms with Crippen LogP contribution in [0.15, 0.2) is 97.1 Å². The van der Waals surface area contributed by atoms with Crippen LogP contribution in [0, 0.1) is 17.6 Å². The van der Waals surface area contributed by atoms with Crippen molar-refractivity contribution in [2.24, 2.45) is 5.92 Å². The van der Waals surface area contributed by atoms with Crippen molar-refractivity contribution in [3.63, 3.8) is 0 Å². The summed E-state index contributed by atoms with van der Waals surface area (Å²) in [5.74, 6) is -1.09. The summed E-state index contributed by atoms with van der Waals surface area (Å²) in [6.45, 7) is -0.571. The smallest absolute Gasteiger partial charge is 0.233 e. The number of amides is 1. The van der Waals surface area contributed by atoms with Crippen molar-refractivity contribution in [3.05, 3.63) is 120 Å². The molecule has 0 aromatic heterocycles. The lowest BCUT2D eigenvalue weighted by molar-refractivity contribution is -0.277. The Kier molecular flexibility index (Phi) is 9.65. The van der Waals surface area contributed by atoms with E-state index in [0.29, 0.717) is 23.4 Å². The zero-order chi connectivity index (χ0) is 33.2. The van der Waals surface area contributed by atoms with Crippen LogP contribution >= 0.6 is 0 Å². The number of hydrogen-bond acceptors (Lipinski definition) is 8. The average Bonchev–Trinajstić information content (AvgIpc) is 3.08. The fraction of sp³-hybridized carbons (Fsp3) is 0.306. The summed E-state index contributed by atoms with van der Waals surface area (Å²) in [7, 11) is 0. The molecule has 2 fully saturated rings. The molecule has 2 saturated heterocycles. The van der Waals surface area contributed by atoms with Crippen LogP contribution in [0.1, 0.15) is 36.1 Å². The fourth-order valence-corrected chi connectivity index (χ4v) is 6.21. The van der Waals surface area contributed by atoms with E-state index in [9.17, 15) is 39.1 Å². The molecule has 246 valence electrons. The highest BCUT2D eigenvalue weighted by Crippen LogP contribution is 2.46. The molecule has 8 atom stereocenters. The Morgan fingerprint density at radius 2 is 1.47 bits per heavy atom. The minimum atomic E-state index is -1.57. The highest BCUT2D eigenvalue weighted by Gasteiger charge is 2.48. The number of hydrogen-bond donors (Lipinski definition) is 5. The van der Waals surface area contributed by atoms with Crippen LogP contribution in [0.4, 0.5) is 14.5 Å². The normalized spacial score (nSPS) is 26.5. The van der Waals surface area contributed by atoms with Gasteiger partial charge in [0.2, 0.25) is 12.2 Å². The topological polar surface area (TPSA) is 140 Å². The van der Waals surface area contributed by atoms with Crippen molar-refractivity contribution in [2.45, 2.75) is 55.7 Å². The number of halogens is 2. The van der Waals surface area contributed by atoms with Crippen molar-refractivity contribution < 1.29 is 48.6 Å². The predicted octanol–water partition coefficient (Wildman–Crippen LogP) is 4.03. The molecule has 9 nitrogen and oxygen atoms in total. The predicted molar refractivity (Wildman–Crippen MR) is 167 cm³/mol. The third kappa shape index (κ3) is 6.77. The van der Waals surface area contributed by atoms with Crippen LogP contribution < -0.4 is 9.64 Å². The molecule has 2 heterocycles. The lowest BCUT2D eigenvalue weighted by Crippen LogP contribution is -2.60. The van der Waals surface area contributed by atoms with Crippen molar-refractivity contribution >= 4 is 11.6 Å². The van der Waals surface area contributed by atoms with E-state index in [2.05, 4.69) is 0 Å². The standard InChI is InChI=1S/C36H35F2NO8/c37-24-10-8-21(9-11-24)29(41)17-16-28-31(39(35(28)45)26-14-12-25(38)13-15-26)22-6-4-20(5-7-22)23-2-1-3-27(18-23)46-36-34(44)33(43)32(42)30(19-40)47-36/h1-15,18,28-34,36,40-44H,16-17,19H2/t28-,29+,30+,31-,32+,33-,34+,36+/m1/s1. The number of rotatable bonds is 10. The van der Waals surface area contributed by atoms with Gasteiger partial charge in [-0.05, 0) is 83.6 Å². The number of nitrogens with zero attached hydrogens (tertiary/aromatic N) is 1. The van der Waals surface area contributed by atoms with Gasteiger partial charge in [0.15, 0.2) is 0 Å². The van der Waals surface area contributed by atoms with Crippen LogP contribution in [0.5, 0.6) is 5.75 Å². The molecule has 11 heteroatoms. The first-order chi connectivity index (χ1) is 22.6. The summed E-state index contributed by atoms with van der Waals surface area (Å²) in [6.07, 6.45) is -7.24. The summed E-state index contributed by atoms with van der Waals surface area (Å²) in [4.78, 5) is 15.1. The summed E-state index contributed by atoms with van der Waals surface area (Å²) in [5.41, 5.74) is 3.53. The Bertz CT molecular complexity index is 1670. The molecule has 2 aliphatic rings. The minimum Gasteiger partial charge on any atom is -0.462 e. The molecule has 0 saturated carbocycles. The second kappa shape index (κ2) is 13.9. The molecule has 47 heavy (non-hydrogen) atoms. The van der Waals surface area contributed by atoms with Gasteiger partial charge in [-0.15, -0.1) is 0 Å². The van der Waals surface area contributed by atoms with Gasteiger partial charge >= 0.3 is 0 Å². The van der Waals surface area contributed by atoms with Crippen molar-refractivity contribution in [2.75, 3.05) is 11.5 Å². The molecular formula is C36H35F2NO8. The Balaban J connectivity index is 1.20. The first kappa shape index (κ1) is 32.7. The monoisotopic (exact) mass is 647 g/mol. The average molecular weight is 648 g/mol. The quantitative estimate of drug-likeness (QED) is 0.163. The number of benzene rings is 4. The minimum absolute atomic E-state index is 0.143. The largest absolute Gasteiger partial charge is 0.462 e. The zero-order valence-corrected chi connectivity index (χ0v) is 25.1. The molecule has 4 aromatic carbocycles. The highest BCUT2D eigenvalue weighted by molar-refractivity contribution is 6.03. The summed E-state index contributed by atoms with van der Waals surface area (Å²) in [5, 5.41) is 50.7. The SMILES string of the molecule is O=C1[C@H](CC[C@H](O)c2ccc(F)cc2)[C@@H](c2ccc(-c3cccc(O[C@H]4O[C@@H](CO)[C@H](O)[C@@H](O)[C@@H]4O)c3)cc2)N1c1ccc(F)cc1. The lowest BCUT2D eigenvalue weighted by atomic mass is 9.78. The number of anilines is 1. The molecule has 0 aliphatic carbocycles. The molecular weight excluding hydrogens is 612 g/mol. The number of aliphatic hydroxyl groups is 5. The Labute approximate surface area is 269 Å². The highest BCUT2D eigenvalue weighted by atomic mass is 19.1. The Morgan fingerprint density at radius 3 is 2.13 bits per heavy atom. The molecule has 2 aliphatic heterocycles. The molecule has 6 rings (SSSR count). The molecule has 0 radical (unpaired) electrons. The van der Waals surface area contributed by atoms with Gasteiger partial charge in [0.1, 0.15) is 41.8 Å². The maximum absolute atomic E-state index is 13.7. The molecule has 0 spiro atoms. The van der Waals surface area contributed by atoms with Gasteiger partial charge in [-0.3, -0.25) is 4.79 Å². The van der Waals surface area contributed by atoms with Gasteiger partial charge in [0.25, 0.3) is 0 Å². The van der Waals surface area contributed by atoms with Crippen molar-refractivity contribution in [1.82, 2.24) is 0 Å². The van der Waals surface area contributed by atoms with Crippen LogP contribution in [0.2, 0.25) is 0 Å². The van der Waals surface area contributed by atoms with Crippen LogP contribution in [-0.4, -0.2) is 68.8 Å². The zero-order valence-electron chi connectivity index (χ0n) is 25.1. The summed E-state index contributed by atoms with van der Waals surface area (Å²) >= 11 is 0. The fourth-order valence-electron chi connectivity index (χ4n) is 6.21. The maximum atomic E-state index is 13.7. The molecule has 4 aromatic rings. The van der Waals surface area contributed by atoms with Crippen molar-refractivity contribution in [3.8, 4) is 16.9 Å². The van der Waals surface area contributed by atoms with Crippen LogP contribution in [-0.2, 0) is 9.53 Å². The van der Waals surface area contributed by atoms with Gasteiger partial charge in [0.05, 0.1) is 24.7 Å². The van der Waals surface area contributed by atoms with Gasteiger partial charge in [-0.2, -0.15) is 0 Å². The number of carbonyl (C=O) groups excluding carboxylic acids is 1. The summed E-state index contributed by atoms with van der Waals surface area (Å²) in [6, 6.07) is 25.5. The summed E-state index contributed by atoms with van der Waals surface area (Å²) < 4.78 is 38.3. The van der Waals surface area contributed by atoms with Gasteiger partial charge in [-0.1, -0.05) is 48.5 Å². The van der Waals surface area contributed by atoms with E-state index in [1.54, 1.807) is 35.2 Å². The number of carbonyl (C=O) groups is 1. The van der Waals surface area contributed by atoms with E-state index in [1.165, 1.54) is 36.4 Å². The van der Waals surface area contributed by atoms with E-state index in [-0.39, 0.29) is 18.4 Å². The molecule has 5 N–H and O–H groups in total. The van der Waals surface area contributed by atoms with E-state index in [0.717, 1.165) is 16.7 Å². The first-order valence-electron chi connectivity index (χ1n) is 15.3. The lowest BCUT2D eigenvalue weighted by Gasteiger charge is -2.48. The number of ether oxygens (including phenoxy) is 2. The van der Waals surface area contributed by atoms with Gasteiger partial charge in [-0.25, -0.2) is 8.78 Å². The second-order valence-corrected chi connectivity index (χ2v) is 11.8. The number of β-lactam (4-membered cyclic amide) rings is 1. The number of aliphatic hydroxyl groups excluding tert-OH is 5. The van der Waals surface area contributed by atoms with E-state index < -0.39 is 61.0 Å². The van der Waals surface area contributed by atoms with Crippen LogP contribution in [0.3, 0.4) is 0 Å². The van der Waals surface area contributed by atoms with Crippen molar-refractivity contribution in [1.29, 1.82) is 0 Å². The van der Waals surface area contributed by atoms with Gasteiger partial charge < -0.3 is 39.9 Å². The Hall–Kier alpha value is -4.23. The third-order valence-corrected chi connectivity index (χ3v) is 8.84. The molecule has 1 amide bonds. The molecule has 0 unspecified atom stereocenters. The Morgan fingerprint density at radius 1 is 0.809 bits per heavy atom.